The number of nitrogens with zero attached hydrogens (tertiary/aromatic N) is 2. The average Bonchev–Trinajstić information content (AvgIpc) is 2.70. The summed E-state index contributed by atoms with van der Waals surface area (Å²) in [6, 6.07) is 6.73. The van der Waals surface area contributed by atoms with Crippen LogP contribution in [0.4, 0.5) is 0 Å². The number of imidazole rings is 1. The first kappa shape index (κ1) is 11.1. The number of hydrogen-bond donors (Lipinski definition) is 1. The van der Waals surface area contributed by atoms with Crippen LogP contribution in [0.5, 0.6) is 0 Å². The fourth-order valence-corrected chi connectivity index (χ4v) is 1.71. The van der Waals surface area contributed by atoms with E-state index < -0.39 is 0 Å². The van der Waals surface area contributed by atoms with Gasteiger partial charge in [-0.1, -0.05) is 13.0 Å². The van der Waals surface area contributed by atoms with Crippen molar-refractivity contribution in [3.05, 3.63) is 35.8 Å². The van der Waals surface area contributed by atoms with Crippen LogP contribution in [0.2, 0.25) is 0 Å². The van der Waals surface area contributed by atoms with Crippen molar-refractivity contribution in [1.82, 2.24) is 14.7 Å². The Kier molecular flexibility index (Phi) is 3.25. The van der Waals surface area contributed by atoms with E-state index in [1.165, 1.54) is 5.69 Å². The predicted octanol–water partition coefficient (Wildman–Crippen LogP) is 2.53. The number of hydrogen-bond acceptors (Lipinski definition) is 2. The molecule has 0 aliphatic heterocycles. The summed E-state index contributed by atoms with van der Waals surface area (Å²) in [6.45, 7) is 7.32. The van der Waals surface area contributed by atoms with E-state index in [9.17, 15) is 0 Å². The van der Waals surface area contributed by atoms with Crippen LogP contribution >= 0.6 is 0 Å². The summed E-state index contributed by atoms with van der Waals surface area (Å²) >= 11 is 0. The van der Waals surface area contributed by atoms with Crippen LogP contribution in [0.3, 0.4) is 0 Å². The molecule has 86 valence electrons. The van der Waals surface area contributed by atoms with E-state index in [0.717, 1.165) is 24.3 Å². The van der Waals surface area contributed by atoms with Gasteiger partial charge in [0.1, 0.15) is 5.65 Å². The Morgan fingerprint density at radius 2 is 2.25 bits per heavy atom. The minimum Gasteiger partial charge on any atom is -0.309 e. The lowest BCUT2D eigenvalue weighted by Crippen LogP contribution is -2.24. The third kappa shape index (κ3) is 2.25. The normalized spacial score (nSPS) is 13.2. The summed E-state index contributed by atoms with van der Waals surface area (Å²) in [7, 11) is 0. The van der Waals surface area contributed by atoms with Gasteiger partial charge >= 0.3 is 0 Å². The molecule has 0 saturated carbocycles. The largest absolute Gasteiger partial charge is 0.309 e. The van der Waals surface area contributed by atoms with Gasteiger partial charge in [-0.05, 0) is 32.4 Å². The fourth-order valence-electron chi connectivity index (χ4n) is 1.71. The molecule has 0 amide bonds. The molecular formula is C13H19N3. The Labute approximate surface area is 96.5 Å². The minimum absolute atomic E-state index is 0.547. The summed E-state index contributed by atoms with van der Waals surface area (Å²) in [6.07, 6.45) is 3.26. The van der Waals surface area contributed by atoms with Crippen LogP contribution in [-0.2, 0) is 6.54 Å². The van der Waals surface area contributed by atoms with E-state index >= 15 is 0 Å². The van der Waals surface area contributed by atoms with E-state index in [2.05, 4.69) is 47.7 Å². The fraction of sp³-hybridized carbons (Fsp3) is 0.462. The van der Waals surface area contributed by atoms with Gasteiger partial charge < -0.3 is 9.72 Å². The number of rotatable bonds is 4. The molecule has 0 aromatic carbocycles. The van der Waals surface area contributed by atoms with Gasteiger partial charge in [0, 0.05) is 24.5 Å². The van der Waals surface area contributed by atoms with Gasteiger partial charge in [-0.15, -0.1) is 0 Å². The van der Waals surface area contributed by atoms with Gasteiger partial charge in [0.25, 0.3) is 0 Å². The second-order valence-electron chi connectivity index (χ2n) is 4.32. The second kappa shape index (κ2) is 4.66. The van der Waals surface area contributed by atoms with Crippen LogP contribution in [0.25, 0.3) is 5.65 Å². The van der Waals surface area contributed by atoms with Crippen molar-refractivity contribution in [2.24, 2.45) is 0 Å². The molecule has 1 unspecified atom stereocenters. The Bertz CT molecular complexity index is 473. The monoisotopic (exact) mass is 217 g/mol. The molecule has 0 fully saturated rings. The van der Waals surface area contributed by atoms with E-state index in [4.69, 9.17) is 0 Å². The number of aryl methyl sites for hydroxylation is 1. The van der Waals surface area contributed by atoms with Crippen molar-refractivity contribution in [2.45, 2.75) is 39.8 Å². The molecule has 2 heterocycles. The van der Waals surface area contributed by atoms with Crippen LogP contribution in [0.15, 0.2) is 24.4 Å². The van der Waals surface area contributed by atoms with Gasteiger partial charge in [-0.25, -0.2) is 4.98 Å². The van der Waals surface area contributed by atoms with Crippen LogP contribution in [0.1, 0.15) is 31.7 Å². The summed E-state index contributed by atoms with van der Waals surface area (Å²) in [4.78, 5) is 4.58. The van der Waals surface area contributed by atoms with E-state index in [1.54, 1.807) is 0 Å². The van der Waals surface area contributed by atoms with Gasteiger partial charge in [-0.3, -0.25) is 0 Å². The lowest BCUT2D eigenvalue weighted by Gasteiger charge is -2.08. The molecule has 1 atom stereocenters. The summed E-state index contributed by atoms with van der Waals surface area (Å²) in [5.74, 6) is 0. The van der Waals surface area contributed by atoms with Crippen molar-refractivity contribution in [1.29, 1.82) is 0 Å². The minimum atomic E-state index is 0.547. The molecule has 0 spiro atoms. The summed E-state index contributed by atoms with van der Waals surface area (Å²) < 4.78 is 2.13. The predicted molar refractivity (Wildman–Crippen MR) is 66.5 cm³/mol. The van der Waals surface area contributed by atoms with Crippen LogP contribution in [-0.4, -0.2) is 15.4 Å². The molecule has 0 aliphatic rings. The highest BCUT2D eigenvalue weighted by atomic mass is 15.0. The van der Waals surface area contributed by atoms with E-state index in [-0.39, 0.29) is 0 Å². The molecule has 1 N–H and O–H groups in total. The number of nitrogens with one attached hydrogen (secondary N) is 1. The molecule has 3 heteroatoms. The van der Waals surface area contributed by atoms with Crippen molar-refractivity contribution in [3.8, 4) is 0 Å². The topological polar surface area (TPSA) is 29.3 Å². The Morgan fingerprint density at radius 1 is 1.44 bits per heavy atom. The zero-order chi connectivity index (χ0) is 11.5. The van der Waals surface area contributed by atoms with E-state index in [0.29, 0.717) is 6.04 Å². The Balaban J connectivity index is 2.17. The first-order valence-corrected chi connectivity index (χ1v) is 5.87. The van der Waals surface area contributed by atoms with Gasteiger partial charge in [0.05, 0.1) is 5.69 Å². The van der Waals surface area contributed by atoms with E-state index in [1.807, 2.05) is 12.1 Å². The van der Waals surface area contributed by atoms with Gasteiger partial charge in [-0.2, -0.15) is 0 Å². The highest BCUT2D eigenvalue weighted by Gasteiger charge is 2.04. The lowest BCUT2D eigenvalue weighted by atomic mass is 10.2. The standard InChI is InChI=1S/C13H19N3/c1-4-10(2)14-8-12-9-16-11(3)6-5-7-13(16)15-12/h5-7,9-10,14H,4,8H2,1-3H3. The summed E-state index contributed by atoms with van der Waals surface area (Å²) in [5.41, 5.74) is 3.36. The molecule has 0 radical (unpaired) electrons. The van der Waals surface area contributed by atoms with Gasteiger partial charge in [0.15, 0.2) is 0 Å². The molecule has 2 rings (SSSR count). The molecule has 3 nitrogen and oxygen atoms in total. The lowest BCUT2D eigenvalue weighted by molar-refractivity contribution is 0.530. The van der Waals surface area contributed by atoms with Crippen LogP contribution in [0, 0.1) is 6.92 Å². The highest BCUT2D eigenvalue weighted by molar-refractivity contribution is 5.41. The van der Waals surface area contributed by atoms with Crippen molar-refractivity contribution < 1.29 is 0 Å². The smallest absolute Gasteiger partial charge is 0.137 e. The maximum atomic E-state index is 4.58. The van der Waals surface area contributed by atoms with Crippen molar-refractivity contribution in [3.63, 3.8) is 0 Å². The molecule has 0 aliphatic carbocycles. The average molecular weight is 217 g/mol. The third-order valence-electron chi connectivity index (χ3n) is 2.99. The Hall–Kier alpha value is -1.35. The van der Waals surface area contributed by atoms with Crippen molar-refractivity contribution >= 4 is 5.65 Å². The number of pyridine rings is 1. The molecule has 0 bridgehead atoms. The second-order valence-corrected chi connectivity index (χ2v) is 4.32. The molecular weight excluding hydrogens is 198 g/mol. The third-order valence-corrected chi connectivity index (χ3v) is 2.99. The van der Waals surface area contributed by atoms with Crippen LogP contribution < -0.4 is 5.32 Å². The first-order valence-electron chi connectivity index (χ1n) is 5.87. The van der Waals surface area contributed by atoms with Gasteiger partial charge in [0.2, 0.25) is 0 Å². The summed E-state index contributed by atoms with van der Waals surface area (Å²) in [5, 5.41) is 3.45. The zero-order valence-electron chi connectivity index (χ0n) is 10.2. The quantitative estimate of drug-likeness (QED) is 0.852. The zero-order valence-corrected chi connectivity index (χ0v) is 10.2. The molecule has 16 heavy (non-hydrogen) atoms. The first-order chi connectivity index (χ1) is 7.70. The molecule has 0 saturated heterocycles. The maximum Gasteiger partial charge on any atom is 0.137 e. The number of fused-ring (bicyclic) bond motifs is 1. The maximum absolute atomic E-state index is 4.58. The molecule has 2 aromatic rings. The highest BCUT2D eigenvalue weighted by Crippen LogP contribution is 2.08. The SMILES string of the molecule is CCC(C)NCc1cn2c(C)cccc2n1. The Morgan fingerprint density at radius 3 is 2.94 bits per heavy atom. The number of aromatic nitrogens is 2. The molecule has 2 aromatic heterocycles. The van der Waals surface area contributed by atoms with Crippen molar-refractivity contribution in [2.75, 3.05) is 0 Å².